The molecule has 0 heterocycles. The molecule has 0 aliphatic heterocycles. The molecule has 1 saturated carbocycles. The van der Waals surface area contributed by atoms with Crippen molar-refractivity contribution in [3.05, 3.63) is 0 Å². The van der Waals surface area contributed by atoms with Gasteiger partial charge in [-0.1, -0.05) is 0 Å². The van der Waals surface area contributed by atoms with Gasteiger partial charge < -0.3 is 4.90 Å². The molecule has 1 rings (SSSR count). The van der Waals surface area contributed by atoms with E-state index in [-0.39, 0.29) is 18.4 Å². The normalized spacial score (nSPS) is 17.9. The highest BCUT2D eigenvalue weighted by Crippen LogP contribution is 2.36. The minimum absolute atomic E-state index is 0.0939. The third-order valence-electron chi connectivity index (χ3n) is 2.99. The molecule has 0 bridgehead atoms. The van der Waals surface area contributed by atoms with Crippen LogP contribution in [0.25, 0.3) is 0 Å². The molecule has 0 aromatic carbocycles. The molecule has 17 heavy (non-hydrogen) atoms. The fourth-order valence-electron chi connectivity index (χ4n) is 1.85. The molecule has 0 spiro atoms. The van der Waals surface area contributed by atoms with E-state index in [2.05, 4.69) is 0 Å². The molecule has 0 radical (unpaired) electrons. The average molecular weight is 272 g/mol. The van der Waals surface area contributed by atoms with E-state index in [4.69, 9.17) is 11.6 Å². The van der Waals surface area contributed by atoms with Gasteiger partial charge in [-0.25, -0.2) is 0 Å². The third kappa shape index (κ3) is 5.15. The third-order valence-corrected chi connectivity index (χ3v) is 3.26. The topological polar surface area (TPSA) is 20.3 Å². The van der Waals surface area contributed by atoms with Crippen LogP contribution in [0.4, 0.5) is 13.2 Å². The maximum Gasteiger partial charge on any atom is 0.406 e. The lowest BCUT2D eigenvalue weighted by Gasteiger charge is -2.30. The van der Waals surface area contributed by atoms with Crippen molar-refractivity contribution < 1.29 is 18.0 Å². The van der Waals surface area contributed by atoms with E-state index < -0.39 is 18.6 Å². The summed E-state index contributed by atoms with van der Waals surface area (Å²) in [6.07, 6.45) is -1.99. The Hall–Kier alpha value is -0.450. The molecule has 1 unspecified atom stereocenters. The molecule has 0 saturated heterocycles. The SMILES string of the molecule is CC(C1CC1)N(CC(F)(F)F)C(=O)CCCCl. The van der Waals surface area contributed by atoms with Gasteiger partial charge in [0.15, 0.2) is 0 Å². The number of rotatable bonds is 6. The molecule has 1 amide bonds. The summed E-state index contributed by atoms with van der Waals surface area (Å²) < 4.78 is 37.2. The quantitative estimate of drug-likeness (QED) is 0.680. The van der Waals surface area contributed by atoms with Gasteiger partial charge in [-0.05, 0) is 32.1 Å². The maximum absolute atomic E-state index is 12.4. The fourth-order valence-corrected chi connectivity index (χ4v) is 1.98. The molecule has 6 heteroatoms. The summed E-state index contributed by atoms with van der Waals surface area (Å²) in [5.41, 5.74) is 0. The van der Waals surface area contributed by atoms with Gasteiger partial charge in [0.05, 0.1) is 0 Å². The Morgan fingerprint density at radius 1 is 1.47 bits per heavy atom. The second kappa shape index (κ2) is 5.94. The van der Waals surface area contributed by atoms with Gasteiger partial charge in [0.25, 0.3) is 0 Å². The summed E-state index contributed by atoms with van der Waals surface area (Å²) >= 11 is 5.44. The highest BCUT2D eigenvalue weighted by molar-refractivity contribution is 6.17. The van der Waals surface area contributed by atoms with Crippen LogP contribution in [0.15, 0.2) is 0 Å². The van der Waals surface area contributed by atoms with E-state index >= 15 is 0 Å². The number of nitrogens with zero attached hydrogens (tertiary/aromatic N) is 1. The Morgan fingerprint density at radius 2 is 2.06 bits per heavy atom. The minimum Gasteiger partial charge on any atom is -0.331 e. The number of hydrogen-bond donors (Lipinski definition) is 0. The lowest BCUT2D eigenvalue weighted by Crippen LogP contribution is -2.45. The molecule has 0 aromatic heterocycles. The standard InChI is InChI=1S/C11H17ClF3NO/c1-8(9-4-5-9)16(7-11(13,14)15)10(17)3-2-6-12/h8-9H,2-7H2,1H3. The van der Waals surface area contributed by atoms with Gasteiger partial charge in [0.2, 0.25) is 5.91 Å². The monoisotopic (exact) mass is 271 g/mol. The van der Waals surface area contributed by atoms with Crippen LogP contribution in [0.2, 0.25) is 0 Å². The minimum atomic E-state index is -4.33. The molecule has 1 aliphatic rings. The lowest BCUT2D eigenvalue weighted by molar-refractivity contribution is -0.166. The summed E-state index contributed by atoms with van der Waals surface area (Å²) in [7, 11) is 0. The van der Waals surface area contributed by atoms with Gasteiger partial charge in [-0.15, -0.1) is 11.6 Å². The smallest absolute Gasteiger partial charge is 0.331 e. The van der Waals surface area contributed by atoms with Crippen LogP contribution >= 0.6 is 11.6 Å². The van der Waals surface area contributed by atoms with E-state index in [1.807, 2.05) is 0 Å². The molecular formula is C11H17ClF3NO. The van der Waals surface area contributed by atoms with Crippen LogP contribution in [-0.2, 0) is 4.79 Å². The summed E-state index contributed by atoms with van der Waals surface area (Å²) in [6.45, 7) is 0.549. The maximum atomic E-state index is 12.4. The van der Waals surface area contributed by atoms with Gasteiger partial charge in [-0.3, -0.25) is 4.79 Å². The lowest BCUT2D eigenvalue weighted by atomic mass is 10.1. The molecule has 2 nitrogen and oxygen atoms in total. The molecule has 0 N–H and O–H groups in total. The largest absolute Gasteiger partial charge is 0.406 e. The van der Waals surface area contributed by atoms with Gasteiger partial charge >= 0.3 is 6.18 Å². The summed E-state index contributed by atoms with van der Waals surface area (Å²) in [5, 5.41) is 0. The molecule has 100 valence electrons. The first-order valence-electron chi connectivity index (χ1n) is 5.77. The zero-order chi connectivity index (χ0) is 13.1. The van der Waals surface area contributed by atoms with Crippen molar-refractivity contribution in [2.45, 2.75) is 44.8 Å². The first-order chi connectivity index (χ1) is 7.85. The summed E-state index contributed by atoms with van der Waals surface area (Å²) in [6, 6.07) is -0.320. The molecule has 1 fully saturated rings. The zero-order valence-electron chi connectivity index (χ0n) is 9.76. The highest BCUT2D eigenvalue weighted by atomic mass is 35.5. The summed E-state index contributed by atoms with van der Waals surface area (Å²) in [5.74, 6) is 0.0864. The van der Waals surface area contributed by atoms with Crippen molar-refractivity contribution in [3.8, 4) is 0 Å². The number of carbonyl (C=O) groups excluding carboxylic acids is 1. The fraction of sp³-hybridized carbons (Fsp3) is 0.909. The van der Waals surface area contributed by atoms with Gasteiger partial charge in [-0.2, -0.15) is 13.2 Å². The average Bonchev–Trinajstić information content (AvgIpc) is 3.03. The zero-order valence-corrected chi connectivity index (χ0v) is 10.5. The van der Waals surface area contributed by atoms with Crippen LogP contribution in [0.1, 0.15) is 32.6 Å². The van der Waals surface area contributed by atoms with Crippen LogP contribution < -0.4 is 0 Å². The van der Waals surface area contributed by atoms with Gasteiger partial charge in [0, 0.05) is 18.3 Å². The van der Waals surface area contributed by atoms with Crippen LogP contribution in [0.3, 0.4) is 0 Å². The Bertz CT molecular complexity index is 266. The molecule has 1 aliphatic carbocycles. The Kier molecular flexibility index (Phi) is 5.10. The van der Waals surface area contributed by atoms with Crippen LogP contribution in [0.5, 0.6) is 0 Å². The number of carbonyl (C=O) groups is 1. The van der Waals surface area contributed by atoms with Crippen molar-refractivity contribution in [2.75, 3.05) is 12.4 Å². The second-order valence-corrected chi connectivity index (χ2v) is 4.89. The van der Waals surface area contributed by atoms with Crippen LogP contribution in [0, 0.1) is 5.92 Å². The predicted octanol–water partition coefficient (Wildman–Crippen LogP) is 3.19. The van der Waals surface area contributed by atoms with Crippen molar-refractivity contribution in [1.29, 1.82) is 0 Å². The first-order valence-corrected chi connectivity index (χ1v) is 6.31. The Labute approximate surface area is 104 Å². The number of amides is 1. The van der Waals surface area contributed by atoms with E-state index in [9.17, 15) is 18.0 Å². The van der Waals surface area contributed by atoms with Gasteiger partial charge in [0.1, 0.15) is 6.54 Å². The van der Waals surface area contributed by atoms with Crippen LogP contribution in [-0.4, -0.2) is 35.4 Å². The highest BCUT2D eigenvalue weighted by Gasteiger charge is 2.40. The van der Waals surface area contributed by atoms with Crippen molar-refractivity contribution in [3.63, 3.8) is 0 Å². The van der Waals surface area contributed by atoms with E-state index in [0.29, 0.717) is 12.3 Å². The Balaban J connectivity index is 2.60. The molecule has 1 atom stereocenters. The number of halogens is 4. The van der Waals surface area contributed by atoms with E-state index in [1.54, 1.807) is 6.92 Å². The Morgan fingerprint density at radius 3 is 2.47 bits per heavy atom. The van der Waals surface area contributed by atoms with Crippen molar-refractivity contribution in [1.82, 2.24) is 4.90 Å². The summed E-state index contributed by atoms with van der Waals surface area (Å²) in [4.78, 5) is 12.7. The second-order valence-electron chi connectivity index (χ2n) is 4.51. The molecular weight excluding hydrogens is 255 g/mol. The van der Waals surface area contributed by atoms with Crippen molar-refractivity contribution >= 4 is 17.5 Å². The van der Waals surface area contributed by atoms with E-state index in [0.717, 1.165) is 17.7 Å². The first kappa shape index (κ1) is 14.6. The van der Waals surface area contributed by atoms with E-state index in [1.165, 1.54) is 0 Å². The molecule has 0 aromatic rings. The predicted molar refractivity (Wildman–Crippen MR) is 59.9 cm³/mol. The van der Waals surface area contributed by atoms with Crippen molar-refractivity contribution in [2.24, 2.45) is 5.92 Å². The number of hydrogen-bond acceptors (Lipinski definition) is 1. The number of alkyl halides is 4.